The van der Waals surface area contributed by atoms with Crippen molar-refractivity contribution in [2.24, 2.45) is 11.8 Å². The number of carbonyl (C=O) groups excluding carboxylic acids is 2. The highest BCUT2D eigenvalue weighted by Crippen LogP contribution is 2.19. The number of carbonyl (C=O) groups is 2. The van der Waals surface area contributed by atoms with Gasteiger partial charge in [-0.25, -0.2) is 4.98 Å². The van der Waals surface area contributed by atoms with Crippen molar-refractivity contribution in [3.05, 3.63) is 18.2 Å². The molecule has 8 nitrogen and oxygen atoms in total. The highest BCUT2D eigenvalue weighted by Gasteiger charge is 2.15. The van der Waals surface area contributed by atoms with Crippen LogP contribution in [0.15, 0.2) is 12.4 Å². The Labute approximate surface area is 288 Å². The topological polar surface area (TPSA) is 99.9 Å². The molecule has 0 saturated heterocycles. The zero-order valence-corrected chi connectivity index (χ0v) is 31.0. The summed E-state index contributed by atoms with van der Waals surface area (Å²) < 4.78 is 19.1. The van der Waals surface area contributed by atoms with Crippen molar-refractivity contribution in [1.29, 1.82) is 0 Å². The van der Waals surface area contributed by atoms with Crippen LogP contribution in [-0.4, -0.2) is 52.2 Å². The highest BCUT2D eigenvalue weighted by molar-refractivity contribution is 5.69. The van der Waals surface area contributed by atoms with Gasteiger partial charge in [-0.1, -0.05) is 91.9 Å². The second-order valence-electron chi connectivity index (χ2n) is 13.9. The standard InChI is InChI=1S/C39H72N2O6/c1-6-8-19-33(3)24-26-37(42)45-31-16-12-10-14-21-36(47-39(44)23-18-29-41-30-28-40-35(41)5)22-15-11-13-17-32-46-38(43)27-25-34(4)20-9-7-2/h28,30,33-34,36-37,42H,6-27,29,31-32H2,1-5H3/t33?,34?,36?,37-/m0/s1. The Bertz CT molecular complexity index is 891. The number of rotatable bonds is 32. The zero-order valence-electron chi connectivity index (χ0n) is 31.0. The molecule has 0 amide bonds. The van der Waals surface area contributed by atoms with Crippen molar-refractivity contribution in [3.63, 3.8) is 0 Å². The van der Waals surface area contributed by atoms with Gasteiger partial charge in [0.1, 0.15) is 11.9 Å². The molecule has 0 aromatic carbocycles. The van der Waals surface area contributed by atoms with E-state index in [9.17, 15) is 14.7 Å². The molecule has 0 radical (unpaired) electrons. The van der Waals surface area contributed by atoms with E-state index >= 15 is 0 Å². The maximum Gasteiger partial charge on any atom is 0.306 e. The maximum atomic E-state index is 12.7. The van der Waals surface area contributed by atoms with E-state index in [-0.39, 0.29) is 18.0 Å². The van der Waals surface area contributed by atoms with Crippen molar-refractivity contribution >= 4 is 11.9 Å². The zero-order chi connectivity index (χ0) is 34.5. The van der Waals surface area contributed by atoms with Gasteiger partial charge in [0.25, 0.3) is 0 Å². The number of esters is 2. The predicted molar refractivity (Wildman–Crippen MR) is 191 cm³/mol. The summed E-state index contributed by atoms with van der Waals surface area (Å²) in [7, 11) is 0. The highest BCUT2D eigenvalue weighted by atomic mass is 16.6. The number of aryl methyl sites for hydroxylation is 2. The van der Waals surface area contributed by atoms with E-state index in [0.29, 0.717) is 44.3 Å². The van der Waals surface area contributed by atoms with Crippen LogP contribution in [0.4, 0.5) is 0 Å². The molecule has 0 aliphatic rings. The number of nitrogens with zero attached hydrogens (tertiary/aromatic N) is 2. The lowest BCUT2D eigenvalue weighted by Crippen LogP contribution is -2.19. The smallest absolute Gasteiger partial charge is 0.306 e. The third-order valence-corrected chi connectivity index (χ3v) is 9.26. The fraction of sp³-hybridized carbons (Fsp3) is 0.872. The van der Waals surface area contributed by atoms with Crippen LogP contribution in [0.5, 0.6) is 0 Å². The van der Waals surface area contributed by atoms with Crippen LogP contribution in [0.2, 0.25) is 0 Å². The molecule has 1 heterocycles. The predicted octanol–water partition coefficient (Wildman–Crippen LogP) is 9.88. The summed E-state index contributed by atoms with van der Waals surface area (Å²) in [6.45, 7) is 12.7. The van der Waals surface area contributed by atoms with Gasteiger partial charge in [0.15, 0.2) is 6.29 Å². The number of imidazole rings is 1. The van der Waals surface area contributed by atoms with E-state index in [2.05, 4.69) is 37.2 Å². The molecule has 1 aromatic heterocycles. The van der Waals surface area contributed by atoms with Gasteiger partial charge < -0.3 is 23.9 Å². The van der Waals surface area contributed by atoms with Crippen LogP contribution >= 0.6 is 0 Å². The van der Waals surface area contributed by atoms with E-state index in [1.165, 1.54) is 38.5 Å². The van der Waals surface area contributed by atoms with Crippen LogP contribution in [0.25, 0.3) is 0 Å². The van der Waals surface area contributed by atoms with Gasteiger partial charge >= 0.3 is 11.9 Å². The molecule has 1 aromatic rings. The van der Waals surface area contributed by atoms with E-state index in [4.69, 9.17) is 14.2 Å². The molecule has 0 fully saturated rings. The number of aromatic nitrogens is 2. The lowest BCUT2D eigenvalue weighted by molar-refractivity contribution is -0.150. The number of aliphatic hydroxyl groups is 1. The molecule has 3 unspecified atom stereocenters. The van der Waals surface area contributed by atoms with Gasteiger partial charge in [0.05, 0.1) is 6.61 Å². The van der Waals surface area contributed by atoms with Crippen LogP contribution in [-0.2, 0) is 30.3 Å². The molecule has 1 N–H and O–H groups in total. The summed E-state index contributed by atoms with van der Waals surface area (Å²) in [5, 5.41) is 10.2. The molecule has 0 bridgehead atoms. The second-order valence-corrected chi connectivity index (χ2v) is 13.9. The van der Waals surface area contributed by atoms with E-state index in [0.717, 1.165) is 95.8 Å². The molecule has 274 valence electrons. The number of unbranched alkanes of at least 4 members (excludes halogenated alkanes) is 8. The molecule has 8 heteroatoms. The molecule has 47 heavy (non-hydrogen) atoms. The summed E-state index contributed by atoms with van der Waals surface area (Å²) in [4.78, 5) is 29.0. The molecule has 0 aliphatic carbocycles. The first-order valence-corrected chi connectivity index (χ1v) is 19.4. The minimum atomic E-state index is -0.656. The molecule has 0 saturated carbocycles. The average molecular weight is 665 g/mol. The largest absolute Gasteiger partial charge is 0.466 e. The lowest BCUT2D eigenvalue weighted by Gasteiger charge is -2.18. The summed E-state index contributed by atoms with van der Waals surface area (Å²) in [5.74, 6) is 1.99. The van der Waals surface area contributed by atoms with E-state index in [1.807, 2.05) is 13.1 Å². The van der Waals surface area contributed by atoms with Gasteiger partial charge in [0.2, 0.25) is 0 Å². The molecule has 0 spiro atoms. The molecular formula is C39H72N2O6. The molecule has 1 rings (SSSR count). The van der Waals surface area contributed by atoms with E-state index < -0.39 is 6.29 Å². The summed E-state index contributed by atoms with van der Waals surface area (Å²) in [6.07, 6.45) is 24.3. The number of aliphatic hydroxyl groups excluding tert-OH is 1. The Morgan fingerprint density at radius 1 is 0.723 bits per heavy atom. The van der Waals surface area contributed by atoms with Crippen LogP contribution in [0, 0.1) is 18.8 Å². The number of hydrogen-bond donors (Lipinski definition) is 1. The molecule has 4 atom stereocenters. The number of ether oxygens (including phenoxy) is 3. The normalized spacial score (nSPS) is 14.1. The van der Waals surface area contributed by atoms with Crippen molar-refractivity contribution in [3.8, 4) is 0 Å². The second kappa shape index (κ2) is 29.0. The van der Waals surface area contributed by atoms with Crippen LogP contribution in [0.1, 0.15) is 175 Å². The van der Waals surface area contributed by atoms with Gasteiger partial charge in [-0.3, -0.25) is 9.59 Å². The first-order valence-electron chi connectivity index (χ1n) is 19.4. The average Bonchev–Trinajstić information content (AvgIpc) is 3.47. The monoisotopic (exact) mass is 665 g/mol. The van der Waals surface area contributed by atoms with Crippen molar-refractivity contribution in [1.82, 2.24) is 9.55 Å². The summed E-state index contributed by atoms with van der Waals surface area (Å²) >= 11 is 0. The van der Waals surface area contributed by atoms with Gasteiger partial charge in [0, 0.05) is 38.4 Å². The minimum Gasteiger partial charge on any atom is -0.466 e. The maximum absolute atomic E-state index is 12.7. The Morgan fingerprint density at radius 3 is 1.96 bits per heavy atom. The quantitative estimate of drug-likeness (QED) is 0.0465. The Morgan fingerprint density at radius 2 is 1.34 bits per heavy atom. The minimum absolute atomic E-state index is 0.0576. The third-order valence-electron chi connectivity index (χ3n) is 9.26. The SMILES string of the molecule is CCCCC(C)CCC(=O)OCCCCCCC(CCCCCCO[C@H](O)CCC(C)CCCC)OC(=O)CCCn1ccnc1C. The van der Waals surface area contributed by atoms with Crippen LogP contribution in [0.3, 0.4) is 0 Å². The third kappa shape index (κ3) is 24.8. The Hall–Kier alpha value is -1.93. The van der Waals surface area contributed by atoms with Crippen molar-refractivity contribution < 1.29 is 28.9 Å². The van der Waals surface area contributed by atoms with Gasteiger partial charge in [-0.15, -0.1) is 0 Å². The van der Waals surface area contributed by atoms with Crippen molar-refractivity contribution in [2.45, 2.75) is 195 Å². The Kier molecular flexibility index (Phi) is 26.6. The van der Waals surface area contributed by atoms with E-state index in [1.54, 1.807) is 6.20 Å². The Balaban J connectivity index is 2.28. The fourth-order valence-corrected chi connectivity index (χ4v) is 5.94. The lowest BCUT2D eigenvalue weighted by atomic mass is 9.99. The van der Waals surface area contributed by atoms with Crippen molar-refractivity contribution in [2.75, 3.05) is 13.2 Å². The fourth-order valence-electron chi connectivity index (χ4n) is 5.94. The summed E-state index contributed by atoms with van der Waals surface area (Å²) in [6, 6.07) is 0. The number of hydrogen-bond acceptors (Lipinski definition) is 7. The molecule has 0 aliphatic heterocycles. The van der Waals surface area contributed by atoms with Crippen LogP contribution < -0.4 is 0 Å². The first-order chi connectivity index (χ1) is 22.7. The first kappa shape index (κ1) is 43.1. The summed E-state index contributed by atoms with van der Waals surface area (Å²) in [5.41, 5.74) is 0. The molecular weight excluding hydrogens is 592 g/mol. The van der Waals surface area contributed by atoms with Gasteiger partial charge in [-0.05, 0) is 83.0 Å². The van der Waals surface area contributed by atoms with Gasteiger partial charge in [-0.2, -0.15) is 0 Å².